The Hall–Kier alpha value is -6.78. The van der Waals surface area contributed by atoms with Crippen molar-refractivity contribution in [3.63, 3.8) is 0 Å². The number of nitrogens with one attached hydrogen (secondary N) is 2. The maximum absolute atomic E-state index is 12.9. The van der Waals surface area contributed by atoms with Gasteiger partial charge in [0.15, 0.2) is 0 Å². The third-order valence-corrected chi connectivity index (χ3v) is 10.2. The summed E-state index contributed by atoms with van der Waals surface area (Å²) in [4.78, 5) is 54.8. The lowest BCUT2D eigenvalue weighted by Gasteiger charge is -2.34. The molecule has 2 aromatic carbocycles. The largest absolute Gasteiger partial charge is 0.491 e. The maximum atomic E-state index is 12.9. The molecule has 0 bridgehead atoms. The summed E-state index contributed by atoms with van der Waals surface area (Å²) >= 11 is 0. The number of H-pyrrole nitrogens is 1. The van der Waals surface area contributed by atoms with Crippen LogP contribution in [0.5, 0.6) is 17.4 Å². The van der Waals surface area contributed by atoms with Gasteiger partial charge in [0.25, 0.3) is 5.91 Å². The molecular weight excluding hydrogens is 713 g/mol. The standard InChI is InChI=1S/C43H36N6O7/c50-40-11-10-39(42(51)48-40)49-25-28-18-30(7-9-34(28)43(49)52)54-17-16-53-15-1-2-29-5-6-31(23-45-29)55-32-20-33(21-32)56-41-12-4-27(22-46-41)26-3-8-35-36-24-44-14-13-37(36)47-38(35)19-26/h3-9,12-14,18-19,22-24,32-33,39,47H,10-11,15-17,20-21,25H2,(H,48,50,51). The molecule has 13 heteroatoms. The van der Waals surface area contributed by atoms with Crippen LogP contribution in [-0.4, -0.2) is 80.6 Å². The van der Waals surface area contributed by atoms with Crippen molar-refractivity contribution < 1.29 is 33.3 Å². The SMILES string of the molecule is O=C1CCC(N2Cc3cc(OCCOCC#Cc4ccc(OC5CC(Oc6ccc(-c7ccc8c(c7)[nH]c7ccncc78)cn6)C5)cn4)ccc3C2=O)C(=O)N1. The number of fused-ring (bicyclic) bond motifs is 4. The van der Waals surface area contributed by atoms with E-state index in [2.05, 4.69) is 55.3 Å². The second-order valence-electron chi connectivity index (χ2n) is 13.9. The Balaban J connectivity index is 0.672. The van der Waals surface area contributed by atoms with E-state index in [9.17, 15) is 14.4 Å². The second kappa shape index (κ2) is 15.2. The number of amides is 3. The molecular formula is C43H36N6O7. The van der Waals surface area contributed by atoms with Crippen LogP contribution in [0.2, 0.25) is 0 Å². The number of hydrogen-bond acceptors (Lipinski definition) is 10. The third-order valence-electron chi connectivity index (χ3n) is 10.2. The van der Waals surface area contributed by atoms with Crippen molar-refractivity contribution in [2.75, 3.05) is 19.8 Å². The summed E-state index contributed by atoms with van der Waals surface area (Å²) < 4.78 is 23.6. The number of aromatic nitrogens is 4. The van der Waals surface area contributed by atoms with Crippen molar-refractivity contribution in [3.8, 4) is 40.3 Å². The highest BCUT2D eigenvalue weighted by Gasteiger charge is 2.39. The minimum atomic E-state index is -0.650. The van der Waals surface area contributed by atoms with Gasteiger partial charge in [-0.3, -0.25) is 24.7 Å². The molecule has 6 aromatic rings. The summed E-state index contributed by atoms with van der Waals surface area (Å²) in [6.07, 6.45) is 9.32. The Labute approximate surface area is 321 Å². The Morgan fingerprint density at radius 1 is 0.804 bits per heavy atom. The number of imide groups is 1. The molecule has 2 aliphatic heterocycles. The first-order valence-corrected chi connectivity index (χ1v) is 18.5. The van der Waals surface area contributed by atoms with E-state index in [1.165, 1.54) is 4.90 Å². The third kappa shape index (κ3) is 7.34. The van der Waals surface area contributed by atoms with Crippen molar-refractivity contribution in [1.29, 1.82) is 0 Å². The Kier molecular flexibility index (Phi) is 9.46. The van der Waals surface area contributed by atoms with Crippen molar-refractivity contribution >= 4 is 39.5 Å². The number of aromatic amines is 1. The number of carbonyl (C=O) groups is 3. The van der Waals surface area contributed by atoms with Gasteiger partial charge < -0.3 is 28.8 Å². The molecule has 2 N–H and O–H groups in total. The van der Waals surface area contributed by atoms with Crippen LogP contribution in [0.4, 0.5) is 0 Å². The molecule has 3 aliphatic rings. The topological polar surface area (TPSA) is 158 Å². The van der Waals surface area contributed by atoms with Crippen molar-refractivity contribution in [2.24, 2.45) is 0 Å². The number of hydrogen-bond donors (Lipinski definition) is 2. The molecule has 1 unspecified atom stereocenters. The van der Waals surface area contributed by atoms with Gasteiger partial charge in [0, 0.05) is 83.4 Å². The molecule has 1 atom stereocenters. The van der Waals surface area contributed by atoms with Crippen LogP contribution in [0.25, 0.3) is 32.9 Å². The Morgan fingerprint density at radius 3 is 2.52 bits per heavy atom. The van der Waals surface area contributed by atoms with Gasteiger partial charge in [-0.15, -0.1) is 0 Å². The smallest absolute Gasteiger partial charge is 0.255 e. The zero-order valence-corrected chi connectivity index (χ0v) is 30.2. The van der Waals surface area contributed by atoms with E-state index in [1.807, 2.05) is 42.7 Å². The zero-order valence-electron chi connectivity index (χ0n) is 30.2. The summed E-state index contributed by atoms with van der Waals surface area (Å²) in [5.74, 6) is 6.87. The van der Waals surface area contributed by atoms with Crippen LogP contribution in [-0.2, 0) is 20.9 Å². The van der Waals surface area contributed by atoms with Gasteiger partial charge >= 0.3 is 0 Å². The van der Waals surface area contributed by atoms with Gasteiger partial charge in [0.2, 0.25) is 17.7 Å². The van der Waals surface area contributed by atoms with E-state index in [0.29, 0.717) is 54.8 Å². The minimum Gasteiger partial charge on any atom is -0.491 e. The summed E-state index contributed by atoms with van der Waals surface area (Å²) in [7, 11) is 0. The molecule has 3 amide bonds. The summed E-state index contributed by atoms with van der Waals surface area (Å²) in [5.41, 5.74) is 6.15. The fourth-order valence-electron chi connectivity index (χ4n) is 7.25. The molecule has 56 heavy (non-hydrogen) atoms. The molecule has 1 aliphatic carbocycles. The number of ether oxygens (including phenoxy) is 4. The lowest BCUT2D eigenvalue weighted by atomic mass is 9.92. The number of nitrogens with zero attached hydrogens (tertiary/aromatic N) is 4. The van der Waals surface area contributed by atoms with Gasteiger partial charge in [-0.25, -0.2) is 9.97 Å². The predicted octanol–water partition coefficient (Wildman–Crippen LogP) is 5.37. The number of rotatable bonds is 11. The molecule has 280 valence electrons. The maximum Gasteiger partial charge on any atom is 0.255 e. The first kappa shape index (κ1) is 35.0. The van der Waals surface area contributed by atoms with Crippen molar-refractivity contribution in [1.82, 2.24) is 30.2 Å². The highest BCUT2D eigenvalue weighted by Crippen LogP contribution is 2.33. The van der Waals surface area contributed by atoms with Crippen LogP contribution in [0.3, 0.4) is 0 Å². The van der Waals surface area contributed by atoms with Crippen LogP contribution >= 0.6 is 0 Å². The van der Waals surface area contributed by atoms with Crippen LogP contribution in [0.1, 0.15) is 47.3 Å². The monoisotopic (exact) mass is 748 g/mol. The van der Waals surface area contributed by atoms with Gasteiger partial charge in [0.1, 0.15) is 48.7 Å². The van der Waals surface area contributed by atoms with Crippen molar-refractivity contribution in [2.45, 2.75) is 50.5 Å². The lowest BCUT2D eigenvalue weighted by molar-refractivity contribution is -0.136. The number of piperidine rings is 1. The number of pyridine rings is 3. The quantitative estimate of drug-likeness (QED) is 0.100. The molecule has 0 radical (unpaired) electrons. The summed E-state index contributed by atoms with van der Waals surface area (Å²) in [5, 5.41) is 4.57. The normalized spacial score (nSPS) is 18.9. The summed E-state index contributed by atoms with van der Waals surface area (Å²) in [6, 6.07) is 20.5. The first-order valence-electron chi connectivity index (χ1n) is 18.5. The minimum absolute atomic E-state index is 0.0371. The molecule has 1 saturated heterocycles. The predicted molar refractivity (Wildman–Crippen MR) is 205 cm³/mol. The Morgan fingerprint density at radius 2 is 1.68 bits per heavy atom. The average molecular weight is 749 g/mol. The van der Waals surface area contributed by atoms with Crippen molar-refractivity contribution in [3.05, 3.63) is 108 Å². The van der Waals surface area contributed by atoms with Gasteiger partial charge in [-0.05, 0) is 72.0 Å². The lowest BCUT2D eigenvalue weighted by Crippen LogP contribution is -2.52. The number of benzene rings is 2. The van der Waals surface area contributed by atoms with Crippen LogP contribution in [0.15, 0.2) is 91.5 Å². The highest BCUT2D eigenvalue weighted by molar-refractivity contribution is 6.08. The highest BCUT2D eigenvalue weighted by atomic mass is 16.5. The van der Waals surface area contributed by atoms with E-state index in [1.54, 1.807) is 30.6 Å². The molecule has 9 rings (SSSR count). The summed E-state index contributed by atoms with van der Waals surface area (Å²) in [6.45, 7) is 1.12. The molecule has 0 spiro atoms. The Bertz CT molecular complexity index is 2520. The molecule has 13 nitrogen and oxygen atoms in total. The van der Waals surface area contributed by atoms with Gasteiger partial charge in [-0.1, -0.05) is 18.1 Å². The van der Waals surface area contributed by atoms with E-state index in [0.717, 1.165) is 51.3 Å². The van der Waals surface area contributed by atoms with Crippen LogP contribution in [0, 0.1) is 11.8 Å². The van der Waals surface area contributed by atoms with Gasteiger partial charge in [0.05, 0.1) is 12.8 Å². The number of carbonyl (C=O) groups excluding carboxylic acids is 3. The van der Waals surface area contributed by atoms with Gasteiger partial charge in [-0.2, -0.15) is 0 Å². The molecule has 6 heterocycles. The average Bonchev–Trinajstić information content (AvgIpc) is 3.73. The van der Waals surface area contributed by atoms with E-state index in [-0.39, 0.29) is 37.0 Å². The second-order valence-corrected chi connectivity index (χ2v) is 13.9. The molecule has 4 aromatic heterocycles. The fraction of sp³-hybridized carbons (Fsp3) is 0.256. The van der Waals surface area contributed by atoms with E-state index >= 15 is 0 Å². The van der Waals surface area contributed by atoms with E-state index < -0.39 is 11.9 Å². The molecule has 2 fully saturated rings. The fourth-order valence-corrected chi connectivity index (χ4v) is 7.25. The molecule has 1 saturated carbocycles. The van der Waals surface area contributed by atoms with E-state index in [4.69, 9.17) is 18.9 Å². The van der Waals surface area contributed by atoms with Crippen LogP contribution < -0.4 is 19.5 Å². The zero-order chi connectivity index (χ0) is 38.0. The first-order chi connectivity index (χ1) is 27.4.